The summed E-state index contributed by atoms with van der Waals surface area (Å²) >= 11 is 0. The molecule has 0 radical (unpaired) electrons. The van der Waals surface area contributed by atoms with E-state index in [1.165, 1.54) is 33.1 Å². The Kier molecular flexibility index (Phi) is 4.03. The van der Waals surface area contributed by atoms with Gasteiger partial charge in [0.1, 0.15) is 5.57 Å². The van der Waals surface area contributed by atoms with E-state index < -0.39 is 23.7 Å². The molecule has 1 aromatic rings. The molecule has 6 nitrogen and oxygen atoms in total. The Morgan fingerprint density at radius 2 is 1.73 bits per heavy atom. The van der Waals surface area contributed by atoms with Gasteiger partial charge in [0.15, 0.2) is 0 Å². The van der Waals surface area contributed by atoms with Gasteiger partial charge in [-0.15, -0.1) is 0 Å². The van der Waals surface area contributed by atoms with Crippen LogP contribution in [0.3, 0.4) is 0 Å². The Morgan fingerprint density at radius 1 is 1.14 bits per heavy atom. The standard InChI is InChI=1S/C16H16O6/c1-9-5-10(7-11(6-9)13(17)20-4)8-12-14(18)21-16(2,3)22-15(12)19/h5-8H,1-4H3. The van der Waals surface area contributed by atoms with Crippen LogP contribution in [0.4, 0.5) is 0 Å². The molecule has 0 unspecified atom stereocenters. The molecule has 0 spiro atoms. The zero-order valence-electron chi connectivity index (χ0n) is 12.8. The van der Waals surface area contributed by atoms with E-state index in [0.717, 1.165) is 5.56 Å². The van der Waals surface area contributed by atoms with E-state index in [9.17, 15) is 14.4 Å². The molecule has 0 saturated carbocycles. The van der Waals surface area contributed by atoms with E-state index in [-0.39, 0.29) is 5.57 Å². The molecule has 6 heteroatoms. The first-order valence-corrected chi connectivity index (χ1v) is 6.60. The molecule has 1 aliphatic heterocycles. The number of carbonyl (C=O) groups is 3. The van der Waals surface area contributed by atoms with Crippen molar-refractivity contribution in [1.29, 1.82) is 0 Å². The van der Waals surface area contributed by atoms with E-state index in [1.807, 2.05) is 0 Å². The van der Waals surface area contributed by atoms with Gasteiger partial charge in [-0.3, -0.25) is 0 Å². The predicted octanol–water partition coefficient (Wildman–Crippen LogP) is 2.00. The molecule has 116 valence electrons. The fourth-order valence-electron chi connectivity index (χ4n) is 2.08. The second kappa shape index (κ2) is 5.63. The summed E-state index contributed by atoms with van der Waals surface area (Å²) in [5, 5.41) is 0. The van der Waals surface area contributed by atoms with Crippen LogP contribution in [-0.4, -0.2) is 30.8 Å². The van der Waals surface area contributed by atoms with Crippen molar-refractivity contribution < 1.29 is 28.6 Å². The van der Waals surface area contributed by atoms with Crippen LogP contribution >= 0.6 is 0 Å². The van der Waals surface area contributed by atoms with Crippen molar-refractivity contribution in [3.05, 3.63) is 40.5 Å². The highest BCUT2D eigenvalue weighted by atomic mass is 16.7. The van der Waals surface area contributed by atoms with E-state index in [2.05, 4.69) is 4.74 Å². The quantitative estimate of drug-likeness (QED) is 0.472. The number of hydrogen-bond acceptors (Lipinski definition) is 6. The third kappa shape index (κ3) is 3.33. The number of methoxy groups -OCH3 is 1. The van der Waals surface area contributed by atoms with Crippen molar-refractivity contribution in [2.75, 3.05) is 7.11 Å². The molecule has 0 aromatic heterocycles. The van der Waals surface area contributed by atoms with Gasteiger partial charge in [0.05, 0.1) is 12.7 Å². The summed E-state index contributed by atoms with van der Waals surface area (Å²) in [4.78, 5) is 35.4. The summed E-state index contributed by atoms with van der Waals surface area (Å²) in [6.45, 7) is 4.73. The number of esters is 3. The molecular formula is C16H16O6. The van der Waals surface area contributed by atoms with Crippen LogP contribution in [-0.2, 0) is 23.8 Å². The molecule has 1 heterocycles. The first kappa shape index (κ1) is 15.8. The van der Waals surface area contributed by atoms with Crippen molar-refractivity contribution in [3.8, 4) is 0 Å². The lowest BCUT2D eigenvalue weighted by Crippen LogP contribution is -2.41. The third-order valence-electron chi connectivity index (χ3n) is 2.95. The molecule has 0 amide bonds. The zero-order valence-corrected chi connectivity index (χ0v) is 12.8. The summed E-state index contributed by atoms with van der Waals surface area (Å²) in [6.07, 6.45) is 1.33. The summed E-state index contributed by atoms with van der Waals surface area (Å²) in [7, 11) is 1.28. The molecule has 0 N–H and O–H groups in total. The summed E-state index contributed by atoms with van der Waals surface area (Å²) in [5.74, 6) is -3.31. The van der Waals surface area contributed by atoms with Gasteiger partial charge in [0.2, 0.25) is 0 Å². The maximum atomic E-state index is 11.9. The second-order valence-electron chi connectivity index (χ2n) is 5.36. The number of benzene rings is 1. The third-order valence-corrected chi connectivity index (χ3v) is 2.95. The minimum Gasteiger partial charge on any atom is -0.465 e. The highest BCUT2D eigenvalue weighted by Crippen LogP contribution is 2.24. The highest BCUT2D eigenvalue weighted by Gasteiger charge is 2.38. The van der Waals surface area contributed by atoms with Gasteiger partial charge in [-0.05, 0) is 36.3 Å². The van der Waals surface area contributed by atoms with Crippen LogP contribution in [0.2, 0.25) is 0 Å². The van der Waals surface area contributed by atoms with Crippen molar-refractivity contribution in [2.24, 2.45) is 0 Å². The van der Waals surface area contributed by atoms with Crippen molar-refractivity contribution in [1.82, 2.24) is 0 Å². The maximum absolute atomic E-state index is 11.9. The molecule has 0 aliphatic carbocycles. The van der Waals surface area contributed by atoms with Gasteiger partial charge < -0.3 is 14.2 Å². The number of carbonyl (C=O) groups excluding carboxylic acids is 3. The molecule has 2 rings (SSSR count). The summed E-state index contributed by atoms with van der Waals surface area (Å²) < 4.78 is 14.7. The van der Waals surface area contributed by atoms with Crippen LogP contribution in [0.1, 0.15) is 35.3 Å². The van der Waals surface area contributed by atoms with Gasteiger partial charge in [0.25, 0.3) is 5.79 Å². The minimum absolute atomic E-state index is 0.222. The smallest absolute Gasteiger partial charge is 0.348 e. The lowest BCUT2D eigenvalue weighted by molar-refractivity contribution is -0.222. The molecule has 1 aromatic carbocycles. The van der Waals surface area contributed by atoms with Crippen LogP contribution in [0.25, 0.3) is 6.08 Å². The Labute approximate surface area is 127 Å². The monoisotopic (exact) mass is 304 g/mol. The second-order valence-corrected chi connectivity index (χ2v) is 5.36. The Hall–Kier alpha value is -2.63. The number of rotatable bonds is 2. The molecule has 0 atom stereocenters. The molecule has 22 heavy (non-hydrogen) atoms. The largest absolute Gasteiger partial charge is 0.465 e. The summed E-state index contributed by atoms with van der Waals surface area (Å²) in [6, 6.07) is 4.89. The van der Waals surface area contributed by atoms with E-state index in [0.29, 0.717) is 11.1 Å². The fraction of sp³-hybridized carbons (Fsp3) is 0.312. The first-order chi connectivity index (χ1) is 10.2. The zero-order chi connectivity index (χ0) is 16.5. The topological polar surface area (TPSA) is 78.9 Å². The molecule has 0 bridgehead atoms. The van der Waals surface area contributed by atoms with Crippen molar-refractivity contribution in [2.45, 2.75) is 26.6 Å². The van der Waals surface area contributed by atoms with Crippen LogP contribution in [0.5, 0.6) is 0 Å². The molecule has 1 saturated heterocycles. The van der Waals surface area contributed by atoms with Crippen molar-refractivity contribution >= 4 is 24.0 Å². The number of aryl methyl sites for hydroxylation is 1. The van der Waals surface area contributed by atoms with E-state index in [4.69, 9.17) is 9.47 Å². The molecule has 1 fully saturated rings. The van der Waals surface area contributed by atoms with E-state index in [1.54, 1.807) is 19.1 Å². The van der Waals surface area contributed by atoms with Crippen LogP contribution in [0, 0.1) is 6.92 Å². The van der Waals surface area contributed by atoms with Gasteiger partial charge in [0, 0.05) is 13.8 Å². The van der Waals surface area contributed by atoms with Crippen molar-refractivity contribution in [3.63, 3.8) is 0 Å². The van der Waals surface area contributed by atoms with Crippen LogP contribution in [0.15, 0.2) is 23.8 Å². The fourth-order valence-corrected chi connectivity index (χ4v) is 2.08. The Bertz CT molecular complexity index is 662. The predicted molar refractivity (Wildman–Crippen MR) is 76.8 cm³/mol. The van der Waals surface area contributed by atoms with Gasteiger partial charge in [-0.1, -0.05) is 6.07 Å². The SMILES string of the molecule is COC(=O)c1cc(C)cc(C=C2C(=O)OC(C)(C)OC2=O)c1. The van der Waals surface area contributed by atoms with Gasteiger partial charge in [-0.25, -0.2) is 14.4 Å². The van der Waals surface area contributed by atoms with Crippen LogP contribution < -0.4 is 0 Å². The average Bonchev–Trinajstić information content (AvgIpc) is 2.40. The van der Waals surface area contributed by atoms with Gasteiger partial charge in [-0.2, -0.15) is 0 Å². The summed E-state index contributed by atoms with van der Waals surface area (Å²) in [5.41, 5.74) is 1.39. The molecule has 1 aliphatic rings. The highest BCUT2D eigenvalue weighted by molar-refractivity contribution is 6.18. The Morgan fingerprint density at radius 3 is 2.27 bits per heavy atom. The average molecular weight is 304 g/mol. The molecular weight excluding hydrogens is 288 g/mol. The Balaban J connectivity index is 2.41. The normalized spacial score (nSPS) is 16.6. The minimum atomic E-state index is -1.28. The number of ether oxygens (including phenoxy) is 3. The number of cyclic esters (lactones) is 2. The van der Waals surface area contributed by atoms with Gasteiger partial charge >= 0.3 is 17.9 Å². The lowest BCUT2D eigenvalue weighted by atomic mass is 10.0. The first-order valence-electron chi connectivity index (χ1n) is 6.60. The number of hydrogen-bond donors (Lipinski definition) is 0. The van der Waals surface area contributed by atoms with E-state index >= 15 is 0 Å². The lowest BCUT2D eigenvalue weighted by Gasteiger charge is -2.29. The maximum Gasteiger partial charge on any atom is 0.348 e.